The van der Waals surface area contributed by atoms with Gasteiger partial charge in [0.1, 0.15) is 5.01 Å². The molecule has 0 radical (unpaired) electrons. The minimum Gasteiger partial charge on any atom is -0.347 e. The largest absolute Gasteiger partial charge is 0.416 e. The predicted octanol–water partition coefficient (Wildman–Crippen LogP) is 5.05. The van der Waals surface area contributed by atoms with E-state index in [-0.39, 0.29) is 24.8 Å². The summed E-state index contributed by atoms with van der Waals surface area (Å²) in [5.74, 6) is -0.709. The van der Waals surface area contributed by atoms with E-state index in [1.807, 2.05) is 32.9 Å². The maximum atomic E-state index is 12.7. The predicted molar refractivity (Wildman–Crippen MR) is 119 cm³/mol. The lowest BCUT2D eigenvalue weighted by molar-refractivity contribution is -0.137. The summed E-state index contributed by atoms with van der Waals surface area (Å²) in [4.78, 5) is 28.7. The van der Waals surface area contributed by atoms with Crippen LogP contribution in [0.2, 0.25) is 0 Å². The van der Waals surface area contributed by atoms with Crippen LogP contribution in [0.25, 0.3) is 10.6 Å². The maximum absolute atomic E-state index is 12.7. The SMILES string of the molecule is Cc1cc(C)c(NC(=O)CNC(=O)Cc2csc(-c3ccc(C(F)(F)F)cc3)n2)c(C)c1. The number of hydrogen-bond acceptors (Lipinski definition) is 4. The van der Waals surface area contributed by atoms with E-state index in [0.29, 0.717) is 16.3 Å². The van der Waals surface area contributed by atoms with Gasteiger partial charge in [-0.15, -0.1) is 11.3 Å². The van der Waals surface area contributed by atoms with Gasteiger partial charge in [-0.05, 0) is 44.0 Å². The standard InChI is InChI=1S/C23H22F3N3O2S/c1-13-8-14(2)21(15(3)9-13)29-20(31)11-27-19(30)10-18-12-32-22(28-18)16-4-6-17(7-5-16)23(24,25)26/h4-9,12H,10-11H2,1-3H3,(H,27,30)(H,29,31). The lowest BCUT2D eigenvalue weighted by atomic mass is 10.1. The molecule has 5 nitrogen and oxygen atoms in total. The van der Waals surface area contributed by atoms with Crippen LogP contribution in [0.3, 0.4) is 0 Å². The van der Waals surface area contributed by atoms with Gasteiger partial charge < -0.3 is 10.6 Å². The number of aryl methyl sites for hydroxylation is 3. The highest BCUT2D eigenvalue weighted by molar-refractivity contribution is 7.13. The Morgan fingerprint density at radius 3 is 2.22 bits per heavy atom. The Morgan fingerprint density at radius 1 is 1.00 bits per heavy atom. The number of rotatable bonds is 6. The second-order valence-electron chi connectivity index (χ2n) is 7.49. The molecule has 168 valence electrons. The van der Waals surface area contributed by atoms with Gasteiger partial charge in [-0.3, -0.25) is 9.59 Å². The number of halogens is 3. The summed E-state index contributed by atoms with van der Waals surface area (Å²) in [5, 5.41) is 7.57. The summed E-state index contributed by atoms with van der Waals surface area (Å²) in [6.07, 6.45) is -4.43. The second-order valence-corrected chi connectivity index (χ2v) is 8.35. The molecule has 3 rings (SSSR count). The van der Waals surface area contributed by atoms with Gasteiger partial charge in [-0.1, -0.05) is 29.8 Å². The molecule has 0 bridgehead atoms. The molecule has 0 aliphatic carbocycles. The molecule has 1 heterocycles. The number of aromatic nitrogens is 1. The molecule has 0 aliphatic rings. The van der Waals surface area contributed by atoms with Crippen LogP contribution < -0.4 is 10.6 Å². The Kier molecular flexibility index (Phi) is 6.98. The van der Waals surface area contributed by atoms with Crippen molar-refractivity contribution in [3.8, 4) is 10.6 Å². The number of alkyl halides is 3. The number of benzene rings is 2. The molecule has 0 unspecified atom stereocenters. The third-order valence-electron chi connectivity index (χ3n) is 4.74. The van der Waals surface area contributed by atoms with Crippen molar-refractivity contribution in [2.45, 2.75) is 33.4 Å². The van der Waals surface area contributed by atoms with E-state index in [9.17, 15) is 22.8 Å². The number of amides is 2. The zero-order valence-electron chi connectivity index (χ0n) is 17.8. The van der Waals surface area contributed by atoms with E-state index in [0.717, 1.165) is 34.5 Å². The molecule has 0 fully saturated rings. The van der Waals surface area contributed by atoms with Gasteiger partial charge >= 0.3 is 6.18 Å². The van der Waals surface area contributed by atoms with E-state index in [4.69, 9.17) is 0 Å². The number of carbonyl (C=O) groups is 2. The summed E-state index contributed by atoms with van der Waals surface area (Å²) in [6, 6.07) is 8.64. The summed E-state index contributed by atoms with van der Waals surface area (Å²) < 4.78 is 38.1. The lowest BCUT2D eigenvalue weighted by Crippen LogP contribution is -2.34. The summed E-state index contributed by atoms with van der Waals surface area (Å²) >= 11 is 1.24. The first-order chi connectivity index (χ1) is 15.0. The first kappa shape index (κ1) is 23.5. The molecule has 0 saturated heterocycles. The van der Waals surface area contributed by atoms with Crippen molar-refractivity contribution >= 4 is 28.8 Å². The van der Waals surface area contributed by atoms with Crippen molar-refractivity contribution < 1.29 is 22.8 Å². The van der Waals surface area contributed by atoms with Crippen LogP contribution in [0, 0.1) is 20.8 Å². The molecule has 3 aromatic rings. The molecular weight excluding hydrogens is 439 g/mol. The molecule has 0 atom stereocenters. The van der Waals surface area contributed by atoms with Crippen LogP contribution in [0.1, 0.15) is 27.9 Å². The zero-order valence-corrected chi connectivity index (χ0v) is 18.6. The molecule has 2 N–H and O–H groups in total. The zero-order chi connectivity index (χ0) is 23.5. The summed E-state index contributed by atoms with van der Waals surface area (Å²) in [7, 11) is 0. The molecular formula is C23H22F3N3O2S. The third kappa shape index (κ3) is 5.94. The first-order valence-corrected chi connectivity index (χ1v) is 10.7. The number of carbonyl (C=O) groups excluding carboxylic acids is 2. The Hall–Kier alpha value is -3.20. The smallest absolute Gasteiger partial charge is 0.347 e. The minimum atomic E-state index is -4.40. The maximum Gasteiger partial charge on any atom is 0.416 e. The van der Waals surface area contributed by atoms with Gasteiger partial charge in [0.15, 0.2) is 0 Å². The highest BCUT2D eigenvalue weighted by atomic mass is 32.1. The number of nitrogens with zero attached hydrogens (tertiary/aromatic N) is 1. The van der Waals surface area contributed by atoms with Crippen LogP contribution in [0.4, 0.5) is 18.9 Å². The van der Waals surface area contributed by atoms with E-state index in [1.54, 1.807) is 5.38 Å². The second kappa shape index (κ2) is 9.52. The van der Waals surface area contributed by atoms with Crippen LogP contribution >= 0.6 is 11.3 Å². The number of hydrogen-bond donors (Lipinski definition) is 2. The third-order valence-corrected chi connectivity index (χ3v) is 5.68. The molecule has 9 heteroatoms. The van der Waals surface area contributed by atoms with Gasteiger partial charge in [-0.25, -0.2) is 4.98 Å². The summed E-state index contributed by atoms with van der Waals surface area (Å²) in [5.41, 5.74) is 4.01. The Balaban J connectivity index is 1.54. The van der Waals surface area contributed by atoms with E-state index < -0.39 is 11.7 Å². The summed E-state index contributed by atoms with van der Waals surface area (Å²) in [6.45, 7) is 5.62. The van der Waals surface area contributed by atoms with E-state index >= 15 is 0 Å². The average molecular weight is 462 g/mol. The average Bonchev–Trinajstić information content (AvgIpc) is 3.17. The Morgan fingerprint density at radius 2 is 1.62 bits per heavy atom. The number of anilines is 1. The van der Waals surface area contributed by atoms with Crippen molar-refractivity contribution in [2.24, 2.45) is 0 Å². The fourth-order valence-electron chi connectivity index (χ4n) is 3.29. The van der Waals surface area contributed by atoms with Crippen molar-refractivity contribution in [1.82, 2.24) is 10.3 Å². The van der Waals surface area contributed by atoms with Gasteiger partial charge in [-0.2, -0.15) is 13.2 Å². The molecule has 0 spiro atoms. The van der Waals surface area contributed by atoms with Crippen LogP contribution in [0.15, 0.2) is 41.8 Å². The molecule has 0 aliphatic heterocycles. The Bertz CT molecular complexity index is 1120. The van der Waals surface area contributed by atoms with Crippen molar-refractivity contribution in [2.75, 3.05) is 11.9 Å². The molecule has 2 aromatic carbocycles. The van der Waals surface area contributed by atoms with Gasteiger partial charge in [0, 0.05) is 16.6 Å². The monoisotopic (exact) mass is 461 g/mol. The van der Waals surface area contributed by atoms with Crippen LogP contribution in [-0.4, -0.2) is 23.3 Å². The molecule has 2 amide bonds. The molecule has 0 saturated carbocycles. The van der Waals surface area contributed by atoms with Gasteiger partial charge in [0.25, 0.3) is 0 Å². The fraction of sp³-hybridized carbons (Fsp3) is 0.261. The number of thiazole rings is 1. The topological polar surface area (TPSA) is 71.1 Å². The quantitative estimate of drug-likeness (QED) is 0.540. The normalized spacial score (nSPS) is 11.3. The van der Waals surface area contributed by atoms with Crippen molar-refractivity contribution in [3.05, 3.63) is 69.7 Å². The van der Waals surface area contributed by atoms with Crippen molar-refractivity contribution in [3.63, 3.8) is 0 Å². The molecule has 1 aromatic heterocycles. The minimum absolute atomic E-state index is 0.0347. The fourth-order valence-corrected chi connectivity index (χ4v) is 4.12. The molecule has 32 heavy (non-hydrogen) atoms. The van der Waals surface area contributed by atoms with Crippen LogP contribution in [-0.2, 0) is 22.2 Å². The lowest BCUT2D eigenvalue weighted by Gasteiger charge is -2.13. The highest BCUT2D eigenvalue weighted by Crippen LogP contribution is 2.31. The van der Waals surface area contributed by atoms with E-state index in [2.05, 4.69) is 15.6 Å². The van der Waals surface area contributed by atoms with Crippen LogP contribution in [0.5, 0.6) is 0 Å². The number of nitrogens with one attached hydrogen (secondary N) is 2. The van der Waals surface area contributed by atoms with Crippen molar-refractivity contribution in [1.29, 1.82) is 0 Å². The van der Waals surface area contributed by atoms with Gasteiger partial charge in [0.2, 0.25) is 11.8 Å². The van der Waals surface area contributed by atoms with Gasteiger partial charge in [0.05, 0.1) is 24.2 Å². The van der Waals surface area contributed by atoms with E-state index in [1.165, 1.54) is 23.5 Å². The highest BCUT2D eigenvalue weighted by Gasteiger charge is 2.30. The first-order valence-electron chi connectivity index (χ1n) is 9.79. The Labute approximate surface area is 187 Å².